The lowest BCUT2D eigenvalue weighted by Crippen LogP contribution is -2.33. The maximum absolute atomic E-state index is 12.9. The highest BCUT2D eigenvalue weighted by Gasteiger charge is 2.22. The fraction of sp³-hybridized carbons (Fsp3) is 0.391. The second-order valence-electron chi connectivity index (χ2n) is 7.47. The van der Waals surface area contributed by atoms with Crippen LogP contribution >= 0.6 is 11.6 Å². The quantitative estimate of drug-likeness (QED) is 0.645. The van der Waals surface area contributed by atoms with Crippen LogP contribution in [-0.4, -0.2) is 30.9 Å². The van der Waals surface area contributed by atoms with Crippen LogP contribution in [0.3, 0.4) is 0 Å². The minimum absolute atomic E-state index is 0.0810. The molecular formula is C23H28ClN3O2. The average molecular weight is 414 g/mol. The monoisotopic (exact) mass is 413 g/mol. The summed E-state index contributed by atoms with van der Waals surface area (Å²) in [5.41, 5.74) is 2.78. The smallest absolute Gasteiger partial charge is 0.253 e. The second kappa shape index (κ2) is 9.79. The molecule has 154 valence electrons. The number of carbonyl (C=O) groups excluding carboxylic acids is 2. The van der Waals surface area contributed by atoms with Crippen molar-refractivity contribution >= 4 is 34.8 Å². The molecule has 1 saturated heterocycles. The Bertz CT molecular complexity index is 850. The van der Waals surface area contributed by atoms with Crippen molar-refractivity contribution in [1.82, 2.24) is 5.32 Å². The minimum atomic E-state index is -0.799. The van der Waals surface area contributed by atoms with E-state index < -0.39 is 5.38 Å². The summed E-state index contributed by atoms with van der Waals surface area (Å²) in [5.74, 6) is -0.442. The van der Waals surface area contributed by atoms with E-state index in [-0.39, 0.29) is 17.9 Å². The zero-order valence-corrected chi connectivity index (χ0v) is 17.7. The second-order valence-corrected chi connectivity index (χ2v) is 7.91. The molecule has 0 spiro atoms. The molecule has 1 aliphatic rings. The first kappa shape index (κ1) is 21.2. The average Bonchev–Trinajstić information content (AvgIpc) is 3.28. The Morgan fingerprint density at radius 1 is 1.10 bits per heavy atom. The predicted octanol–water partition coefficient (Wildman–Crippen LogP) is 4.73. The number of anilines is 2. The molecule has 2 atom stereocenters. The maximum Gasteiger partial charge on any atom is 0.253 e. The van der Waals surface area contributed by atoms with E-state index in [1.54, 1.807) is 6.07 Å². The van der Waals surface area contributed by atoms with E-state index in [9.17, 15) is 9.59 Å². The van der Waals surface area contributed by atoms with Gasteiger partial charge in [0.15, 0.2) is 0 Å². The van der Waals surface area contributed by atoms with E-state index in [0.29, 0.717) is 11.3 Å². The molecule has 0 unspecified atom stereocenters. The van der Waals surface area contributed by atoms with Gasteiger partial charge in [-0.1, -0.05) is 37.3 Å². The Labute approximate surface area is 177 Å². The van der Waals surface area contributed by atoms with Gasteiger partial charge >= 0.3 is 0 Å². The lowest BCUT2D eigenvalue weighted by atomic mass is 10.1. The van der Waals surface area contributed by atoms with Crippen LogP contribution in [0.15, 0.2) is 48.5 Å². The summed E-state index contributed by atoms with van der Waals surface area (Å²) < 4.78 is 0. The summed E-state index contributed by atoms with van der Waals surface area (Å²) in [6, 6.07) is 14.8. The Balaban J connectivity index is 1.83. The molecule has 0 aromatic heterocycles. The van der Waals surface area contributed by atoms with E-state index >= 15 is 0 Å². The van der Waals surface area contributed by atoms with Gasteiger partial charge < -0.3 is 15.5 Å². The molecule has 0 radical (unpaired) electrons. The summed E-state index contributed by atoms with van der Waals surface area (Å²) in [5, 5.41) is 5.09. The Morgan fingerprint density at radius 3 is 2.45 bits per heavy atom. The first-order valence-corrected chi connectivity index (χ1v) is 10.6. The first-order chi connectivity index (χ1) is 14.0. The third kappa shape index (κ3) is 5.30. The highest BCUT2D eigenvalue weighted by atomic mass is 35.5. The van der Waals surface area contributed by atoms with Crippen molar-refractivity contribution in [2.75, 3.05) is 23.3 Å². The fourth-order valence-electron chi connectivity index (χ4n) is 3.41. The molecule has 1 aliphatic heterocycles. The number of hydrogen-bond donors (Lipinski definition) is 2. The van der Waals surface area contributed by atoms with Crippen LogP contribution < -0.4 is 15.5 Å². The van der Waals surface area contributed by atoms with Crippen molar-refractivity contribution in [3.63, 3.8) is 0 Å². The topological polar surface area (TPSA) is 61.4 Å². The van der Waals surface area contributed by atoms with Crippen molar-refractivity contribution in [2.24, 2.45) is 0 Å². The molecule has 0 saturated carbocycles. The van der Waals surface area contributed by atoms with Gasteiger partial charge in [-0.2, -0.15) is 0 Å². The molecule has 2 aromatic rings. The molecule has 5 nitrogen and oxygen atoms in total. The van der Waals surface area contributed by atoms with Gasteiger partial charge in [-0.3, -0.25) is 9.59 Å². The number of carbonyl (C=O) groups is 2. The summed E-state index contributed by atoms with van der Waals surface area (Å²) in [7, 11) is 0. The molecule has 1 heterocycles. The number of rotatable bonds is 7. The molecule has 2 amide bonds. The lowest BCUT2D eigenvalue weighted by molar-refractivity contribution is -0.116. The van der Waals surface area contributed by atoms with Crippen molar-refractivity contribution < 1.29 is 9.59 Å². The van der Waals surface area contributed by atoms with E-state index in [0.717, 1.165) is 43.6 Å². The summed E-state index contributed by atoms with van der Waals surface area (Å²) in [6.07, 6.45) is 3.10. The summed E-state index contributed by atoms with van der Waals surface area (Å²) in [6.45, 7) is 5.89. The SMILES string of the molecule is CC[C@H](C)NC(=O)c1cc(NC(=O)[C@@H](Cl)c2ccccc2)ccc1N1CCCC1. The van der Waals surface area contributed by atoms with Gasteiger partial charge in [-0.15, -0.1) is 11.6 Å². The van der Waals surface area contributed by atoms with Crippen LogP contribution in [0.2, 0.25) is 0 Å². The molecular weight excluding hydrogens is 386 g/mol. The number of nitrogens with zero attached hydrogens (tertiary/aromatic N) is 1. The molecule has 0 aliphatic carbocycles. The third-order valence-electron chi connectivity index (χ3n) is 5.27. The van der Waals surface area contributed by atoms with Crippen molar-refractivity contribution in [3.8, 4) is 0 Å². The molecule has 2 N–H and O–H groups in total. The number of nitrogens with one attached hydrogen (secondary N) is 2. The normalized spacial score (nSPS) is 15.6. The van der Waals surface area contributed by atoms with Crippen molar-refractivity contribution in [1.29, 1.82) is 0 Å². The highest BCUT2D eigenvalue weighted by molar-refractivity contribution is 6.32. The Morgan fingerprint density at radius 2 is 1.79 bits per heavy atom. The predicted molar refractivity (Wildman–Crippen MR) is 119 cm³/mol. The maximum atomic E-state index is 12.9. The van der Waals surface area contributed by atoms with Crippen molar-refractivity contribution in [3.05, 3.63) is 59.7 Å². The molecule has 6 heteroatoms. The van der Waals surface area contributed by atoms with E-state index in [2.05, 4.69) is 15.5 Å². The van der Waals surface area contributed by atoms with Gasteiger partial charge in [0, 0.05) is 30.5 Å². The molecule has 1 fully saturated rings. The largest absolute Gasteiger partial charge is 0.371 e. The zero-order chi connectivity index (χ0) is 20.8. The minimum Gasteiger partial charge on any atom is -0.371 e. The fourth-order valence-corrected chi connectivity index (χ4v) is 3.61. The van der Waals surface area contributed by atoms with E-state index in [1.807, 2.05) is 56.3 Å². The lowest BCUT2D eigenvalue weighted by Gasteiger charge is -2.23. The van der Waals surface area contributed by atoms with Gasteiger partial charge in [0.2, 0.25) is 5.91 Å². The molecule has 0 bridgehead atoms. The molecule has 29 heavy (non-hydrogen) atoms. The number of amides is 2. The highest BCUT2D eigenvalue weighted by Crippen LogP contribution is 2.29. The number of hydrogen-bond acceptors (Lipinski definition) is 3. The summed E-state index contributed by atoms with van der Waals surface area (Å²) in [4.78, 5) is 27.7. The van der Waals surface area contributed by atoms with E-state index in [1.165, 1.54) is 0 Å². The van der Waals surface area contributed by atoms with Crippen LogP contribution in [0, 0.1) is 0 Å². The van der Waals surface area contributed by atoms with Gasteiger partial charge in [0.05, 0.1) is 5.56 Å². The summed E-state index contributed by atoms with van der Waals surface area (Å²) >= 11 is 6.33. The third-order valence-corrected chi connectivity index (χ3v) is 5.72. The van der Waals surface area contributed by atoms with Crippen LogP contribution in [0.4, 0.5) is 11.4 Å². The zero-order valence-electron chi connectivity index (χ0n) is 17.0. The van der Waals surface area contributed by atoms with Crippen LogP contribution in [0.1, 0.15) is 54.4 Å². The van der Waals surface area contributed by atoms with Gasteiger partial charge in [0.1, 0.15) is 5.38 Å². The van der Waals surface area contributed by atoms with E-state index in [4.69, 9.17) is 11.6 Å². The Hall–Kier alpha value is -2.53. The Kier molecular flexibility index (Phi) is 7.15. The van der Waals surface area contributed by atoms with Crippen molar-refractivity contribution in [2.45, 2.75) is 44.5 Å². The molecule has 3 rings (SSSR count). The van der Waals surface area contributed by atoms with Gasteiger partial charge in [-0.05, 0) is 49.9 Å². The number of benzene rings is 2. The van der Waals surface area contributed by atoms with Crippen LogP contribution in [-0.2, 0) is 4.79 Å². The van der Waals surface area contributed by atoms with Crippen LogP contribution in [0.25, 0.3) is 0 Å². The van der Waals surface area contributed by atoms with Gasteiger partial charge in [0.25, 0.3) is 5.91 Å². The number of halogens is 1. The van der Waals surface area contributed by atoms with Crippen LogP contribution in [0.5, 0.6) is 0 Å². The standard InChI is InChI=1S/C23H28ClN3O2/c1-3-16(2)25-22(28)19-15-18(11-12-20(19)27-13-7-8-14-27)26-23(29)21(24)17-9-5-4-6-10-17/h4-6,9-12,15-16,21H,3,7-8,13-14H2,1-2H3,(H,25,28)(H,26,29)/t16-,21-/m0/s1. The first-order valence-electron chi connectivity index (χ1n) is 10.2. The number of alkyl halides is 1. The van der Waals surface area contributed by atoms with Gasteiger partial charge in [-0.25, -0.2) is 0 Å². The molecule has 2 aromatic carbocycles.